The standard InChI is InChI=1S/C11H14N2.2C10H13N3.C10H12N2O.C10H12N2S.C9H12N4.6C2H6/c1-8(2)12-11-7-9-5-3-4-6-10(9)13-11;1-8(2)11-9-7-13-6-4-3-5-10(13)12-9;3*1-7(2)11-10-12-8-5-3-4-6-9(8)13-10;1-7(2)11-8-6-13-9(12-8)4-3-5-10-13;6*1-2/h3-6,8H,7H2,1-2H3,(H,12,13);3-8,11H,1-2H3;3-7H,1-2H3,(H2,11,12,13);2*3-7H,1-2H3,(H,11,12);3-7,11H,1-2H3;6*1-2H3. The smallest absolute Gasteiger partial charge is 0.295 e. The number of benzene rings is 4. The van der Waals surface area contributed by atoms with E-state index in [1.165, 1.54) is 16.0 Å². The van der Waals surface area contributed by atoms with Crippen molar-refractivity contribution in [2.45, 2.75) is 209 Å². The molecule has 90 heavy (non-hydrogen) atoms. The number of amidine groups is 1. The summed E-state index contributed by atoms with van der Waals surface area (Å²) in [6.07, 6.45) is 8.57. The Labute approximate surface area is 544 Å². The quantitative estimate of drug-likeness (QED) is 0.0646. The van der Waals surface area contributed by atoms with Crippen LogP contribution in [0.4, 0.5) is 34.4 Å². The Hall–Kier alpha value is -8.51. The Morgan fingerprint density at radius 1 is 0.489 bits per heavy atom. The topological polar surface area (TPSA) is 200 Å². The number of nitrogens with zero attached hydrogens (tertiary/aromatic N) is 9. The van der Waals surface area contributed by atoms with E-state index in [4.69, 9.17) is 4.42 Å². The van der Waals surface area contributed by atoms with E-state index in [9.17, 15) is 0 Å². The van der Waals surface area contributed by atoms with Gasteiger partial charge >= 0.3 is 0 Å². The number of imidazole rings is 3. The molecule has 12 rings (SSSR count). The lowest BCUT2D eigenvalue weighted by molar-refractivity contribution is 0.606. The van der Waals surface area contributed by atoms with E-state index in [1.54, 1.807) is 22.0 Å². The number of oxazole rings is 1. The van der Waals surface area contributed by atoms with Gasteiger partial charge in [-0.1, -0.05) is 155 Å². The van der Waals surface area contributed by atoms with Gasteiger partial charge in [0.05, 0.1) is 33.6 Å². The summed E-state index contributed by atoms with van der Waals surface area (Å²) in [6, 6.07) is 45.0. The number of para-hydroxylation sites is 6. The van der Waals surface area contributed by atoms with Crippen LogP contribution in [0.2, 0.25) is 0 Å². The first-order valence-corrected chi connectivity index (χ1v) is 33.5. The number of aromatic amines is 1. The zero-order valence-corrected chi connectivity index (χ0v) is 59.8. The molecule has 0 spiro atoms. The van der Waals surface area contributed by atoms with Crippen molar-refractivity contribution in [2.75, 3.05) is 31.9 Å². The highest BCUT2D eigenvalue weighted by Gasteiger charge is 2.15. The van der Waals surface area contributed by atoms with Gasteiger partial charge in [-0.2, -0.15) is 10.1 Å². The maximum Gasteiger partial charge on any atom is 0.295 e. The third-order valence-electron chi connectivity index (χ3n) is 10.8. The minimum Gasteiger partial charge on any atom is -0.424 e. The Kier molecular flexibility index (Phi) is 40.4. The van der Waals surface area contributed by atoms with E-state index in [2.05, 4.69) is 179 Å². The Balaban J connectivity index is 0.000000522. The molecule has 7 N–H and O–H groups in total. The van der Waals surface area contributed by atoms with Crippen molar-refractivity contribution >= 4 is 95.2 Å². The molecule has 1 aliphatic rings. The van der Waals surface area contributed by atoms with E-state index >= 15 is 0 Å². The molecular weight excluding hydrogens is 1140 g/mol. The summed E-state index contributed by atoms with van der Waals surface area (Å²) >= 11 is 1.70. The zero-order chi connectivity index (χ0) is 67.6. The summed E-state index contributed by atoms with van der Waals surface area (Å²) in [5.41, 5.74) is 9.28. The van der Waals surface area contributed by atoms with Crippen LogP contribution in [-0.4, -0.2) is 86.0 Å². The lowest BCUT2D eigenvalue weighted by atomic mass is 10.2. The Morgan fingerprint density at radius 3 is 1.59 bits per heavy atom. The first-order valence-electron chi connectivity index (χ1n) is 32.7. The molecule has 18 heteroatoms. The van der Waals surface area contributed by atoms with Gasteiger partial charge < -0.3 is 45.7 Å². The molecule has 4 aromatic carbocycles. The predicted molar refractivity (Wildman–Crippen MR) is 396 cm³/mol. The molecule has 0 unspecified atom stereocenters. The van der Waals surface area contributed by atoms with Gasteiger partial charge in [-0.3, -0.25) is 4.99 Å². The maximum absolute atomic E-state index is 5.46. The Morgan fingerprint density at radius 2 is 1.02 bits per heavy atom. The van der Waals surface area contributed by atoms with E-state index in [0.29, 0.717) is 42.3 Å². The number of rotatable bonds is 11. The van der Waals surface area contributed by atoms with Crippen LogP contribution in [0.5, 0.6) is 0 Å². The zero-order valence-electron chi connectivity index (χ0n) is 58.9. The van der Waals surface area contributed by atoms with E-state index < -0.39 is 0 Å². The molecule has 0 amide bonds. The van der Waals surface area contributed by atoms with Crippen LogP contribution in [-0.2, 0) is 6.42 Å². The fourth-order valence-electron chi connectivity index (χ4n) is 7.72. The fourth-order valence-corrected chi connectivity index (χ4v) is 8.73. The summed E-state index contributed by atoms with van der Waals surface area (Å²) in [4.78, 5) is 29.6. The third-order valence-corrected chi connectivity index (χ3v) is 11.7. The van der Waals surface area contributed by atoms with Crippen LogP contribution in [0.3, 0.4) is 0 Å². The lowest BCUT2D eigenvalue weighted by Gasteiger charge is -2.04. The number of hydrogen-bond acceptors (Lipinski definition) is 14. The van der Waals surface area contributed by atoms with Gasteiger partial charge in [-0.25, -0.2) is 24.5 Å². The number of pyridine rings is 1. The van der Waals surface area contributed by atoms with Gasteiger partial charge in [0.2, 0.25) is 5.95 Å². The number of H-pyrrole nitrogens is 1. The van der Waals surface area contributed by atoms with Crippen molar-refractivity contribution in [3.63, 3.8) is 0 Å². The first kappa shape index (κ1) is 79.5. The molecular formula is C72H112N16OS. The van der Waals surface area contributed by atoms with Crippen LogP contribution >= 0.6 is 11.3 Å². The van der Waals surface area contributed by atoms with Crippen LogP contribution in [0.1, 0.15) is 172 Å². The molecule has 492 valence electrons. The molecule has 0 atom stereocenters. The van der Waals surface area contributed by atoms with Crippen molar-refractivity contribution in [2.24, 2.45) is 4.99 Å². The minimum atomic E-state index is 0.341. The molecule has 0 bridgehead atoms. The van der Waals surface area contributed by atoms with Gasteiger partial charge in [0.15, 0.2) is 16.4 Å². The number of fused-ring (bicyclic) bond motifs is 6. The lowest BCUT2D eigenvalue weighted by Crippen LogP contribution is -2.10. The van der Waals surface area contributed by atoms with Crippen LogP contribution in [0, 0.1) is 0 Å². The van der Waals surface area contributed by atoms with Crippen LogP contribution in [0.15, 0.2) is 162 Å². The SMILES string of the molecule is CC.CC.CC.CC.CC.CC.CC(C)N=C1Cc2ccccc2N1.CC(C)Nc1cn2ccccc2n1.CC(C)Nc1cn2ncccc2n1.CC(C)Nc1nc2ccccc2[nH]1.CC(C)Nc1nc2ccccc2o1.CC(C)Nc1nc2ccccc2s1. The second-order valence-corrected chi connectivity index (χ2v) is 21.3. The molecule has 17 nitrogen and oxygen atoms in total. The summed E-state index contributed by atoms with van der Waals surface area (Å²) in [5.74, 6) is 3.74. The first-order chi connectivity index (χ1) is 43.5. The number of aromatic nitrogens is 9. The molecule has 0 fully saturated rings. The summed E-state index contributed by atoms with van der Waals surface area (Å²) < 4.78 is 10.5. The summed E-state index contributed by atoms with van der Waals surface area (Å²) in [5, 5.41) is 24.6. The monoisotopic (exact) mass is 1250 g/mol. The molecule has 0 saturated heterocycles. The van der Waals surface area contributed by atoms with Gasteiger partial charge in [0, 0.05) is 60.8 Å². The van der Waals surface area contributed by atoms with Gasteiger partial charge in [-0.15, -0.1) is 0 Å². The van der Waals surface area contributed by atoms with E-state index in [-0.39, 0.29) is 0 Å². The van der Waals surface area contributed by atoms with Crippen LogP contribution < -0.4 is 31.9 Å². The number of nitrogens with one attached hydrogen (secondary N) is 7. The molecule has 0 radical (unpaired) electrons. The van der Waals surface area contributed by atoms with Crippen LogP contribution in [0.25, 0.3) is 43.6 Å². The molecule has 0 aliphatic carbocycles. The largest absolute Gasteiger partial charge is 0.424 e. The molecule has 11 aromatic rings. The highest BCUT2D eigenvalue weighted by molar-refractivity contribution is 7.22. The Bertz CT molecular complexity index is 2930. The van der Waals surface area contributed by atoms with E-state index in [0.717, 1.165) is 73.9 Å². The fraction of sp³-hybridized carbons (Fsp3) is 0.431. The van der Waals surface area contributed by atoms with Crippen molar-refractivity contribution < 1.29 is 4.42 Å². The van der Waals surface area contributed by atoms with Crippen molar-refractivity contribution in [3.8, 4) is 0 Å². The van der Waals surface area contributed by atoms with Gasteiger partial charge in [0.25, 0.3) is 6.01 Å². The number of aliphatic imine (C=N–C) groups is 1. The number of hydrogen-bond donors (Lipinski definition) is 7. The van der Waals surface area contributed by atoms with Crippen molar-refractivity contribution in [3.05, 3.63) is 158 Å². The highest BCUT2D eigenvalue weighted by Crippen LogP contribution is 2.26. The third kappa shape index (κ3) is 29.2. The van der Waals surface area contributed by atoms with Gasteiger partial charge in [-0.05, 0) is 155 Å². The molecule has 1 aliphatic heterocycles. The second-order valence-electron chi connectivity index (χ2n) is 20.2. The van der Waals surface area contributed by atoms with Crippen molar-refractivity contribution in [1.82, 2.24) is 43.9 Å². The van der Waals surface area contributed by atoms with Gasteiger partial charge in [0.1, 0.15) is 28.6 Å². The minimum absolute atomic E-state index is 0.341. The molecule has 8 heterocycles. The van der Waals surface area contributed by atoms with E-state index in [1.807, 2.05) is 209 Å². The van der Waals surface area contributed by atoms with Crippen molar-refractivity contribution in [1.29, 1.82) is 0 Å². The summed E-state index contributed by atoms with van der Waals surface area (Å²) in [7, 11) is 0. The maximum atomic E-state index is 5.46. The summed E-state index contributed by atoms with van der Waals surface area (Å²) in [6.45, 7) is 49.1. The normalized spacial score (nSPS) is 10.9. The predicted octanol–water partition coefficient (Wildman–Crippen LogP) is 20.5. The number of anilines is 6. The number of thiazole rings is 1. The highest BCUT2D eigenvalue weighted by atomic mass is 32.1. The molecule has 0 saturated carbocycles. The average molecular weight is 1250 g/mol. The second kappa shape index (κ2) is 45.7. The molecule has 7 aromatic heterocycles. The average Bonchev–Trinajstić information content (AvgIpc) is 3.47.